The molecule has 1 aliphatic carbocycles. The fourth-order valence-corrected chi connectivity index (χ4v) is 8.22. The van der Waals surface area contributed by atoms with Crippen LogP contribution < -0.4 is 0 Å². The molecule has 2 nitrogen and oxygen atoms in total. The third-order valence-corrected chi connectivity index (χ3v) is 10.7. The topological polar surface area (TPSA) is 17.8 Å². The van der Waals surface area contributed by atoms with E-state index >= 15 is 0 Å². The van der Waals surface area contributed by atoms with E-state index in [0.29, 0.717) is 0 Å². The normalized spacial score (nSPS) is 14.3. The molecule has 0 aliphatic heterocycles. The predicted octanol–water partition coefficient (Wildman–Crippen LogP) is 12.4. The molecule has 0 unspecified atom stereocenters. The van der Waals surface area contributed by atoms with E-state index in [9.17, 15) is 0 Å². The molecule has 0 bridgehead atoms. The summed E-state index contributed by atoms with van der Waals surface area (Å²) >= 11 is 0. The summed E-state index contributed by atoms with van der Waals surface area (Å²) in [7, 11) is 0. The largest absolute Gasteiger partial charge is 0.309 e. The quantitative estimate of drug-likeness (QED) is 0.179. The number of hydrogen-bond acceptors (Lipinski definition) is 1. The predicted molar refractivity (Wildman–Crippen MR) is 205 cm³/mol. The third kappa shape index (κ3) is 5.25. The molecule has 2 heterocycles. The average molecular weight is 631 g/mol. The van der Waals surface area contributed by atoms with Crippen molar-refractivity contribution in [3.8, 4) is 39.3 Å². The van der Waals surface area contributed by atoms with Crippen molar-refractivity contribution in [2.75, 3.05) is 0 Å². The van der Waals surface area contributed by atoms with Gasteiger partial charge in [-0.25, -0.2) is 4.98 Å². The molecule has 0 radical (unpaired) electrons. The van der Waals surface area contributed by atoms with Crippen LogP contribution in [0.15, 0.2) is 170 Å². The highest BCUT2D eigenvalue weighted by Crippen LogP contribution is 2.46. The number of pyridine rings is 1. The molecular weight excluding hydrogens is 593 g/mol. The van der Waals surface area contributed by atoms with Crippen LogP contribution in [0.3, 0.4) is 0 Å². The van der Waals surface area contributed by atoms with Gasteiger partial charge < -0.3 is 4.57 Å². The lowest BCUT2D eigenvalue weighted by Crippen LogP contribution is -2.30. The van der Waals surface area contributed by atoms with Crippen molar-refractivity contribution >= 4 is 21.8 Å². The summed E-state index contributed by atoms with van der Waals surface area (Å²) < 4.78 is 2.42. The van der Waals surface area contributed by atoms with Gasteiger partial charge in [-0.15, -0.1) is 0 Å². The lowest BCUT2D eigenvalue weighted by Gasteiger charge is -2.39. The van der Waals surface area contributed by atoms with Gasteiger partial charge in [-0.1, -0.05) is 153 Å². The Hall–Kier alpha value is -5.73. The van der Waals surface area contributed by atoms with Crippen molar-refractivity contribution in [3.63, 3.8) is 0 Å². The van der Waals surface area contributed by atoms with Crippen molar-refractivity contribution in [2.24, 2.45) is 0 Å². The van der Waals surface area contributed by atoms with Crippen molar-refractivity contribution in [1.29, 1.82) is 0 Å². The van der Waals surface area contributed by atoms with Crippen LogP contribution >= 0.6 is 0 Å². The van der Waals surface area contributed by atoms with Crippen LogP contribution in [0.4, 0.5) is 0 Å². The van der Waals surface area contributed by atoms with Crippen LogP contribution in [0.5, 0.6) is 0 Å². The maximum absolute atomic E-state index is 5.10. The fourth-order valence-electron chi connectivity index (χ4n) is 8.22. The molecule has 0 amide bonds. The highest BCUT2D eigenvalue weighted by atomic mass is 15.0. The molecular formula is C47H38N2. The van der Waals surface area contributed by atoms with Gasteiger partial charge in [0.05, 0.1) is 22.4 Å². The number of fused-ring (bicyclic) bond motifs is 3. The molecule has 6 aromatic carbocycles. The first-order chi connectivity index (χ1) is 24.3. The SMILES string of the molecule is c1ccc(-c2cc(-c3ccc(C4(c5ccc(-n6c7ccccc7c7ccccc76)cc5)CCCCC4)cc3)cc(-c3ccccc3)n2)cc1. The van der Waals surface area contributed by atoms with E-state index in [1.54, 1.807) is 0 Å². The summed E-state index contributed by atoms with van der Waals surface area (Å²) in [5.74, 6) is 0. The molecule has 2 heteroatoms. The number of para-hydroxylation sites is 2. The Kier molecular flexibility index (Phi) is 7.43. The molecule has 1 fully saturated rings. The van der Waals surface area contributed by atoms with E-state index in [2.05, 4.69) is 174 Å². The summed E-state index contributed by atoms with van der Waals surface area (Å²) in [5, 5.41) is 2.60. The number of aromatic nitrogens is 2. The van der Waals surface area contributed by atoms with Crippen molar-refractivity contribution in [1.82, 2.24) is 9.55 Å². The van der Waals surface area contributed by atoms with Crippen LogP contribution in [0.25, 0.3) is 61.1 Å². The molecule has 0 N–H and O–H groups in total. The number of benzene rings is 6. The van der Waals surface area contributed by atoms with E-state index in [4.69, 9.17) is 4.98 Å². The second-order valence-electron chi connectivity index (χ2n) is 13.5. The van der Waals surface area contributed by atoms with Crippen LogP contribution in [0.1, 0.15) is 43.2 Å². The lowest BCUT2D eigenvalue weighted by atomic mass is 9.65. The summed E-state index contributed by atoms with van der Waals surface area (Å²) in [6.45, 7) is 0. The van der Waals surface area contributed by atoms with E-state index in [-0.39, 0.29) is 5.41 Å². The summed E-state index contributed by atoms with van der Waals surface area (Å²) in [6.07, 6.45) is 6.16. The Bertz CT molecular complexity index is 2270. The summed E-state index contributed by atoms with van der Waals surface area (Å²) in [4.78, 5) is 5.10. The van der Waals surface area contributed by atoms with Gasteiger partial charge in [0.1, 0.15) is 0 Å². The maximum atomic E-state index is 5.10. The Morgan fingerprint density at radius 1 is 0.408 bits per heavy atom. The minimum absolute atomic E-state index is 0.0127. The Labute approximate surface area is 288 Å². The van der Waals surface area contributed by atoms with Gasteiger partial charge in [0.15, 0.2) is 0 Å². The van der Waals surface area contributed by atoms with Crippen LogP contribution in [0, 0.1) is 0 Å². The van der Waals surface area contributed by atoms with Crippen molar-refractivity contribution in [3.05, 3.63) is 181 Å². The van der Waals surface area contributed by atoms with E-state index in [1.165, 1.54) is 81.9 Å². The van der Waals surface area contributed by atoms with Gasteiger partial charge in [0.25, 0.3) is 0 Å². The molecule has 49 heavy (non-hydrogen) atoms. The standard InChI is InChI=1S/C47H38N2/c1-4-14-35(15-5-1)43-32-37(33-44(48-43)36-16-6-2-7-17-36)34-22-24-38(25-23-34)47(30-12-3-13-31-47)39-26-28-40(29-27-39)49-45-20-10-8-18-41(45)42-19-9-11-21-46(42)49/h1-2,4-11,14-29,32-33H,3,12-13,30-31H2. The Balaban J connectivity index is 1.10. The monoisotopic (exact) mass is 630 g/mol. The second-order valence-corrected chi connectivity index (χ2v) is 13.5. The minimum atomic E-state index is 0.0127. The zero-order valence-corrected chi connectivity index (χ0v) is 27.6. The fraction of sp³-hybridized carbons (Fsp3) is 0.128. The van der Waals surface area contributed by atoms with Crippen molar-refractivity contribution < 1.29 is 0 Å². The third-order valence-electron chi connectivity index (χ3n) is 10.7. The molecule has 236 valence electrons. The van der Waals surface area contributed by atoms with Gasteiger partial charge in [-0.2, -0.15) is 0 Å². The second kappa shape index (κ2) is 12.4. The molecule has 0 saturated heterocycles. The summed E-state index contributed by atoms with van der Waals surface area (Å²) in [5.41, 5.74) is 13.2. The average Bonchev–Trinajstić information content (AvgIpc) is 3.53. The van der Waals surface area contributed by atoms with E-state index < -0.39 is 0 Å². The molecule has 8 aromatic rings. The van der Waals surface area contributed by atoms with E-state index in [1.807, 2.05) is 0 Å². The highest BCUT2D eigenvalue weighted by Gasteiger charge is 2.35. The first-order valence-corrected chi connectivity index (χ1v) is 17.6. The smallest absolute Gasteiger partial charge is 0.0715 e. The molecule has 2 aromatic heterocycles. The Morgan fingerprint density at radius 2 is 0.878 bits per heavy atom. The zero-order chi connectivity index (χ0) is 32.6. The summed E-state index contributed by atoms with van der Waals surface area (Å²) in [6, 6.07) is 61.9. The first-order valence-electron chi connectivity index (χ1n) is 17.6. The van der Waals surface area contributed by atoms with Crippen molar-refractivity contribution in [2.45, 2.75) is 37.5 Å². The number of rotatable bonds is 6. The highest BCUT2D eigenvalue weighted by molar-refractivity contribution is 6.09. The molecule has 9 rings (SSSR count). The maximum Gasteiger partial charge on any atom is 0.0715 e. The van der Waals surface area contributed by atoms with Crippen LogP contribution in [-0.2, 0) is 5.41 Å². The minimum Gasteiger partial charge on any atom is -0.309 e. The van der Waals surface area contributed by atoms with Gasteiger partial charge in [-0.3, -0.25) is 0 Å². The molecule has 0 atom stereocenters. The Morgan fingerprint density at radius 3 is 1.41 bits per heavy atom. The van der Waals surface area contributed by atoms with Gasteiger partial charge in [0, 0.05) is 33.0 Å². The van der Waals surface area contributed by atoms with Crippen LogP contribution in [0.2, 0.25) is 0 Å². The first kappa shape index (κ1) is 29.4. The lowest BCUT2D eigenvalue weighted by molar-refractivity contribution is 0.346. The van der Waals surface area contributed by atoms with E-state index in [0.717, 1.165) is 22.5 Å². The molecule has 0 spiro atoms. The van der Waals surface area contributed by atoms with Gasteiger partial charge in [-0.05, 0) is 71.5 Å². The number of hydrogen-bond donors (Lipinski definition) is 0. The molecule has 1 saturated carbocycles. The number of nitrogens with zero attached hydrogens (tertiary/aromatic N) is 2. The zero-order valence-electron chi connectivity index (χ0n) is 27.6. The van der Waals surface area contributed by atoms with Crippen LogP contribution in [-0.4, -0.2) is 9.55 Å². The van der Waals surface area contributed by atoms with Gasteiger partial charge in [0.2, 0.25) is 0 Å². The molecule has 1 aliphatic rings. The van der Waals surface area contributed by atoms with Gasteiger partial charge >= 0.3 is 0 Å².